The number of anilines is 1. The first-order valence-corrected chi connectivity index (χ1v) is 9.67. The fraction of sp³-hybridized carbons (Fsp3) is 0.263. The fourth-order valence-electron chi connectivity index (χ4n) is 2.39. The number of nitrogens with one attached hydrogen (secondary N) is 1. The number of allylic oxidation sites excluding steroid dienone is 1. The van der Waals surface area contributed by atoms with Gasteiger partial charge in [0.25, 0.3) is 0 Å². The number of aromatic nitrogens is 4. The van der Waals surface area contributed by atoms with Crippen molar-refractivity contribution in [2.75, 3.05) is 5.32 Å². The zero-order valence-electron chi connectivity index (χ0n) is 16.0. The third kappa shape index (κ3) is 5.23. The molecule has 1 amide bonds. The summed E-state index contributed by atoms with van der Waals surface area (Å²) in [5, 5.41) is 14.7. The lowest BCUT2D eigenvalue weighted by Crippen LogP contribution is -2.22. The van der Waals surface area contributed by atoms with Gasteiger partial charge in [0, 0.05) is 12.6 Å². The Morgan fingerprint density at radius 1 is 1.45 bits per heavy atom. The van der Waals surface area contributed by atoms with Crippen molar-refractivity contribution in [2.45, 2.75) is 37.4 Å². The lowest BCUT2D eigenvalue weighted by Gasteiger charge is -2.12. The van der Waals surface area contributed by atoms with Crippen LogP contribution in [0.25, 0.3) is 0 Å². The first-order valence-electron chi connectivity index (χ1n) is 8.79. The first-order chi connectivity index (χ1) is 14.0. The molecule has 0 aliphatic heterocycles. The van der Waals surface area contributed by atoms with Crippen LogP contribution in [0.1, 0.15) is 18.4 Å². The Balaban J connectivity index is 1.68. The van der Waals surface area contributed by atoms with E-state index in [4.69, 9.17) is 9.26 Å². The van der Waals surface area contributed by atoms with Crippen molar-refractivity contribution >= 4 is 23.6 Å². The number of carbonyl (C=O) groups excluding carboxylic acids is 1. The predicted octanol–water partition coefficient (Wildman–Crippen LogP) is 3.60. The molecule has 29 heavy (non-hydrogen) atoms. The summed E-state index contributed by atoms with van der Waals surface area (Å²) in [6.45, 7) is 7.69. The molecule has 1 aromatic carbocycles. The number of thioether (sulfide) groups is 1. The molecule has 0 aliphatic rings. The van der Waals surface area contributed by atoms with Crippen LogP contribution in [0, 0.1) is 12.7 Å². The molecule has 0 spiro atoms. The van der Waals surface area contributed by atoms with E-state index >= 15 is 0 Å². The number of halogens is 1. The van der Waals surface area contributed by atoms with Crippen LogP contribution < -0.4 is 10.1 Å². The summed E-state index contributed by atoms with van der Waals surface area (Å²) in [7, 11) is 0. The summed E-state index contributed by atoms with van der Waals surface area (Å²) < 4.78 is 26.0. The molecule has 0 aliphatic carbocycles. The van der Waals surface area contributed by atoms with Crippen LogP contribution in [0.2, 0.25) is 0 Å². The normalized spacial score (nSPS) is 11.8. The van der Waals surface area contributed by atoms with Gasteiger partial charge in [0.15, 0.2) is 22.5 Å². The Hall–Kier alpha value is -3.14. The minimum absolute atomic E-state index is 0.0280. The number of carbonyl (C=O) groups is 1. The van der Waals surface area contributed by atoms with Crippen LogP contribution in [-0.4, -0.2) is 31.1 Å². The molecule has 3 rings (SSSR count). The molecular weight excluding hydrogens is 397 g/mol. The Morgan fingerprint density at radius 2 is 2.24 bits per heavy atom. The van der Waals surface area contributed by atoms with Gasteiger partial charge in [0.1, 0.15) is 6.61 Å². The van der Waals surface area contributed by atoms with Crippen LogP contribution in [-0.2, 0) is 17.9 Å². The Bertz CT molecular complexity index is 1000. The van der Waals surface area contributed by atoms with Crippen molar-refractivity contribution in [3.63, 3.8) is 0 Å². The number of ether oxygens (including phenoxy) is 1. The standard InChI is InChI=1S/C19H20FN5O3S/c1-4-9-25-16(11-27-15-8-6-5-7-14(15)20)22-23-19(25)29-13(3)18(26)21-17-10-12(2)24-28-17/h4-8,10,13H,1,9,11H2,2-3H3,(H,21,26). The lowest BCUT2D eigenvalue weighted by atomic mass is 10.3. The highest BCUT2D eigenvalue weighted by molar-refractivity contribution is 8.00. The maximum Gasteiger partial charge on any atom is 0.240 e. The predicted molar refractivity (Wildman–Crippen MR) is 106 cm³/mol. The van der Waals surface area contributed by atoms with Gasteiger partial charge in [-0.15, -0.1) is 16.8 Å². The third-order valence-corrected chi connectivity index (χ3v) is 4.90. The minimum atomic E-state index is -0.478. The van der Waals surface area contributed by atoms with E-state index in [9.17, 15) is 9.18 Å². The summed E-state index contributed by atoms with van der Waals surface area (Å²) in [5.41, 5.74) is 0.672. The van der Waals surface area contributed by atoms with E-state index in [0.717, 1.165) is 0 Å². The van der Waals surface area contributed by atoms with Gasteiger partial charge in [-0.25, -0.2) is 4.39 Å². The quantitative estimate of drug-likeness (QED) is 0.420. The van der Waals surface area contributed by atoms with Gasteiger partial charge < -0.3 is 9.26 Å². The van der Waals surface area contributed by atoms with E-state index in [1.807, 2.05) is 0 Å². The van der Waals surface area contributed by atoms with Gasteiger partial charge in [-0.3, -0.25) is 14.7 Å². The lowest BCUT2D eigenvalue weighted by molar-refractivity contribution is -0.115. The average molecular weight is 417 g/mol. The Kier molecular flexibility index (Phi) is 6.65. The SMILES string of the molecule is C=CCn1c(COc2ccccc2F)nnc1SC(C)C(=O)Nc1cc(C)no1. The van der Waals surface area contributed by atoms with Crippen molar-refractivity contribution < 1.29 is 18.4 Å². The molecule has 152 valence electrons. The summed E-state index contributed by atoms with van der Waals surface area (Å²) in [5.74, 6) is 0.193. The molecule has 0 radical (unpaired) electrons. The minimum Gasteiger partial charge on any atom is -0.483 e. The zero-order valence-corrected chi connectivity index (χ0v) is 16.8. The maximum absolute atomic E-state index is 13.7. The number of amides is 1. The van der Waals surface area contributed by atoms with Crippen LogP contribution in [0.5, 0.6) is 5.75 Å². The molecule has 1 unspecified atom stereocenters. The van der Waals surface area contributed by atoms with Gasteiger partial charge in [-0.1, -0.05) is 35.1 Å². The van der Waals surface area contributed by atoms with Crippen molar-refractivity contribution in [1.29, 1.82) is 0 Å². The largest absolute Gasteiger partial charge is 0.483 e. The fourth-order valence-corrected chi connectivity index (χ4v) is 3.26. The Labute approximate surface area is 171 Å². The molecular formula is C19H20FN5O3S. The first kappa shape index (κ1) is 20.6. The number of benzene rings is 1. The number of hydrogen-bond acceptors (Lipinski definition) is 7. The molecule has 1 N–H and O–H groups in total. The van der Waals surface area contributed by atoms with Crippen LogP contribution >= 0.6 is 11.8 Å². The van der Waals surface area contributed by atoms with Crippen molar-refractivity contribution in [3.05, 3.63) is 60.3 Å². The smallest absolute Gasteiger partial charge is 0.240 e. The van der Waals surface area contributed by atoms with E-state index in [0.29, 0.717) is 23.2 Å². The Morgan fingerprint density at radius 3 is 2.93 bits per heavy atom. The highest BCUT2D eigenvalue weighted by Gasteiger charge is 2.21. The average Bonchev–Trinajstić information content (AvgIpc) is 3.27. The summed E-state index contributed by atoms with van der Waals surface area (Å²) in [6.07, 6.45) is 1.68. The topological polar surface area (TPSA) is 95.1 Å². The van der Waals surface area contributed by atoms with E-state index in [1.54, 1.807) is 42.7 Å². The molecule has 8 nitrogen and oxygen atoms in total. The zero-order chi connectivity index (χ0) is 20.8. The molecule has 3 aromatic rings. The molecule has 1 atom stereocenters. The van der Waals surface area contributed by atoms with E-state index in [-0.39, 0.29) is 24.1 Å². The summed E-state index contributed by atoms with van der Waals surface area (Å²) in [6, 6.07) is 7.76. The highest BCUT2D eigenvalue weighted by atomic mass is 32.2. The molecule has 2 heterocycles. The van der Waals surface area contributed by atoms with Gasteiger partial charge in [0.05, 0.1) is 10.9 Å². The summed E-state index contributed by atoms with van der Waals surface area (Å²) in [4.78, 5) is 12.4. The molecule has 0 saturated heterocycles. The number of hydrogen-bond donors (Lipinski definition) is 1. The van der Waals surface area contributed by atoms with Gasteiger partial charge in [-0.05, 0) is 26.0 Å². The third-order valence-electron chi connectivity index (χ3n) is 3.82. The number of para-hydroxylation sites is 1. The highest BCUT2D eigenvalue weighted by Crippen LogP contribution is 2.25. The number of aryl methyl sites for hydroxylation is 1. The van der Waals surface area contributed by atoms with Crippen LogP contribution in [0.3, 0.4) is 0 Å². The second-order valence-electron chi connectivity index (χ2n) is 6.10. The number of rotatable bonds is 9. The van der Waals surface area contributed by atoms with E-state index in [2.05, 4.69) is 27.2 Å². The molecule has 0 bridgehead atoms. The van der Waals surface area contributed by atoms with Gasteiger partial charge in [0.2, 0.25) is 11.8 Å². The van der Waals surface area contributed by atoms with Gasteiger partial charge >= 0.3 is 0 Å². The van der Waals surface area contributed by atoms with Crippen LogP contribution in [0.15, 0.2) is 52.7 Å². The molecule has 0 fully saturated rings. The van der Waals surface area contributed by atoms with E-state index in [1.165, 1.54) is 23.9 Å². The second kappa shape index (κ2) is 9.37. The van der Waals surface area contributed by atoms with Crippen LogP contribution in [0.4, 0.5) is 10.3 Å². The number of nitrogens with zero attached hydrogens (tertiary/aromatic N) is 4. The van der Waals surface area contributed by atoms with Gasteiger partial charge in [-0.2, -0.15) is 0 Å². The van der Waals surface area contributed by atoms with E-state index < -0.39 is 11.1 Å². The monoisotopic (exact) mass is 417 g/mol. The second-order valence-corrected chi connectivity index (χ2v) is 7.41. The van der Waals surface area contributed by atoms with Crippen molar-refractivity contribution in [1.82, 2.24) is 19.9 Å². The molecule has 0 saturated carbocycles. The maximum atomic E-state index is 13.7. The molecule has 10 heteroatoms. The van der Waals surface area contributed by atoms with Crippen molar-refractivity contribution in [2.24, 2.45) is 0 Å². The summed E-state index contributed by atoms with van der Waals surface area (Å²) >= 11 is 1.23. The molecule has 2 aromatic heterocycles. The van der Waals surface area contributed by atoms with Crippen molar-refractivity contribution in [3.8, 4) is 5.75 Å².